The lowest BCUT2D eigenvalue weighted by Crippen LogP contribution is -2.21. The molecule has 17 heavy (non-hydrogen) atoms. The Morgan fingerprint density at radius 1 is 0.941 bits per heavy atom. The van der Waals surface area contributed by atoms with Gasteiger partial charge in [-0.15, -0.1) is 0 Å². The van der Waals surface area contributed by atoms with Crippen LogP contribution in [-0.2, 0) is 14.3 Å². The van der Waals surface area contributed by atoms with Crippen LogP contribution in [0.2, 0.25) is 0 Å². The number of carbonyl (C=O) groups is 1. The maximum atomic E-state index is 9.82. The van der Waals surface area contributed by atoms with Gasteiger partial charge in [-0.3, -0.25) is 4.79 Å². The smallest absolute Gasteiger partial charge is 0.302 e. The Labute approximate surface area is 107 Å². The van der Waals surface area contributed by atoms with E-state index in [-0.39, 0.29) is 5.97 Å². The first-order valence-electron chi connectivity index (χ1n) is 6.19. The second-order valence-electron chi connectivity index (χ2n) is 6.54. The van der Waals surface area contributed by atoms with Crippen LogP contribution in [0.25, 0.3) is 0 Å². The third-order valence-corrected chi connectivity index (χ3v) is 1.42. The van der Waals surface area contributed by atoms with Gasteiger partial charge in [0.2, 0.25) is 0 Å². The molecule has 104 valence electrons. The van der Waals surface area contributed by atoms with Crippen molar-refractivity contribution in [2.45, 2.75) is 55.4 Å². The summed E-state index contributed by atoms with van der Waals surface area (Å²) in [5.41, 5.74) is 0.594. The van der Waals surface area contributed by atoms with Crippen LogP contribution in [0.5, 0.6) is 0 Å². The number of ether oxygens (including phenoxy) is 2. The standard InChI is InChI=1S/C10H22O.C4H8O2/c1-9(2,3)7-11-8-10(4,5)6;1-3-6-4(2)5/h7-8H2,1-6H3;3H2,1-2H3. The van der Waals surface area contributed by atoms with E-state index in [0.29, 0.717) is 17.4 Å². The van der Waals surface area contributed by atoms with Crippen LogP contribution in [0.1, 0.15) is 55.4 Å². The van der Waals surface area contributed by atoms with Crippen LogP contribution in [0.4, 0.5) is 0 Å². The predicted octanol–water partition coefficient (Wildman–Crippen LogP) is 3.66. The molecule has 0 aromatic heterocycles. The third-order valence-electron chi connectivity index (χ3n) is 1.42. The summed E-state index contributed by atoms with van der Waals surface area (Å²) < 4.78 is 9.97. The van der Waals surface area contributed by atoms with Crippen LogP contribution in [-0.4, -0.2) is 25.8 Å². The maximum Gasteiger partial charge on any atom is 0.302 e. The monoisotopic (exact) mass is 246 g/mol. The van der Waals surface area contributed by atoms with E-state index in [2.05, 4.69) is 46.3 Å². The van der Waals surface area contributed by atoms with Crippen molar-refractivity contribution < 1.29 is 14.3 Å². The van der Waals surface area contributed by atoms with Gasteiger partial charge in [-0.05, 0) is 17.8 Å². The molecule has 0 fully saturated rings. The molecule has 0 atom stereocenters. The van der Waals surface area contributed by atoms with Crippen LogP contribution < -0.4 is 0 Å². The van der Waals surface area contributed by atoms with Crippen molar-refractivity contribution in [3.63, 3.8) is 0 Å². The van der Waals surface area contributed by atoms with Crippen molar-refractivity contribution in [1.82, 2.24) is 0 Å². The van der Waals surface area contributed by atoms with E-state index in [4.69, 9.17) is 4.74 Å². The highest BCUT2D eigenvalue weighted by atomic mass is 16.5. The van der Waals surface area contributed by atoms with Crippen LogP contribution >= 0.6 is 0 Å². The molecule has 0 saturated carbocycles. The van der Waals surface area contributed by atoms with Crippen LogP contribution in [0, 0.1) is 10.8 Å². The van der Waals surface area contributed by atoms with Crippen LogP contribution in [0.15, 0.2) is 0 Å². The molecule has 0 rings (SSSR count). The summed E-state index contributed by atoms with van der Waals surface area (Å²) >= 11 is 0. The quantitative estimate of drug-likeness (QED) is 0.713. The summed E-state index contributed by atoms with van der Waals surface area (Å²) in [4.78, 5) is 9.82. The number of carbonyl (C=O) groups excluding carboxylic acids is 1. The van der Waals surface area contributed by atoms with Gasteiger partial charge in [-0.2, -0.15) is 0 Å². The van der Waals surface area contributed by atoms with E-state index >= 15 is 0 Å². The number of esters is 1. The molecule has 0 spiro atoms. The Morgan fingerprint density at radius 2 is 1.29 bits per heavy atom. The lowest BCUT2D eigenvalue weighted by molar-refractivity contribution is -0.140. The fourth-order valence-corrected chi connectivity index (χ4v) is 0.867. The molecular formula is C14H30O3. The van der Waals surface area contributed by atoms with Gasteiger partial charge in [0.25, 0.3) is 0 Å². The first-order chi connectivity index (χ1) is 7.48. The summed E-state index contributed by atoms with van der Waals surface area (Å²) in [6, 6.07) is 0. The van der Waals surface area contributed by atoms with Gasteiger partial charge >= 0.3 is 5.97 Å². The highest BCUT2D eigenvalue weighted by Crippen LogP contribution is 2.17. The molecule has 0 aliphatic rings. The van der Waals surface area contributed by atoms with Gasteiger partial charge in [0.1, 0.15) is 0 Å². The van der Waals surface area contributed by atoms with Gasteiger partial charge in [-0.25, -0.2) is 0 Å². The summed E-state index contributed by atoms with van der Waals surface area (Å²) in [5.74, 6) is -0.211. The van der Waals surface area contributed by atoms with Crippen molar-refractivity contribution in [2.24, 2.45) is 10.8 Å². The Kier molecular flexibility index (Phi) is 9.40. The number of rotatable bonds is 3. The zero-order valence-corrected chi connectivity index (χ0v) is 12.8. The van der Waals surface area contributed by atoms with Crippen LogP contribution in [0.3, 0.4) is 0 Å². The molecule has 0 amide bonds. The summed E-state index contributed by atoms with van der Waals surface area (Å²) in [7, 11) is 0. The first-order valence-corrected chi connectivity index (χ1v) is 6.19. The molecule has 0 heterocycles. The Morgan fingerprint density at radius 3 is 1.41 bits per heavy atom. The van der Waals surface area contributed by atoms with Crippen molar-refractivity contribution in [3.05, 3.63) is 0 Å². The van der Waals surface area contributed by atoms with Gasteiger partial charge in [0.05, 0.1) is 19.8 Å². The highest BCUT2D eigenvalue weighted by molar-refractivity contribution is 5.65. The average Bonchev–Trinajstić information content (AvgIpc) is 1.98. The van der Waals surface area contributed by atoms with Crippen molar-refractivity contribution in [3.8, 4) is 0 Å². The summed E-state index contributed by atoms with van der Waals surface area (Å²) in [6.45, 7) is 18.5. The first kappa shape index (κ1) is 18.8. The van der Waals surface area contributed by atoms with E-state index < -0.39 is 0 Å². The largest absolute Gasteiger partial charge is 0.466 e. The minimum absolute atomic E-state index is 0.211. The molecule has 3 heteroatoms. The molecule has 0 unspecified atom stereocenters. The van der Waals surface area contributed by atoms with Gasteiger partial charge in [0, 0.05) is 6.92 Å². The molecule has 0 N–H and O–H groups in total. The second-order valence-corrected chi connectivity index (χ2v) is 6.54. The predicted molar refractivity (Wildman–Crippen MR) is 72.0 cm³/mol. The number of hydrogen-bond donors (Lipinski definition) is 0. The fourth-order valence-electron chi connectivity index (χ4n) is 0.867. The molecule has 3 nitrogen and oxygen atoms in total. The van der Waals surface area contributed by atoms with Crippen molar-refractivity contribution >= 4 is 5.97 Å². The Hall–Kier alpha value is -0.570. The molecule has 0 bridgehead atoms. The minimum Gasteiger partial charge on any atom is -0.466 e. The minimum atomic E-state index is -0.211. The number of hydrogen-bond acceptors (Lipinski definition) is 3. The summed E-state index contributed by atoms with van der Waals surface area (Å²) in [5, 5.41) is 0. The lowest BCUT2D eigenvalue weighted by Gasteiger charge is -2.23. The van der Waals surface area contributed by atoms with Gasteiger partial charge in [0.15, 0.2) is 0 Å². The van der Waals surface area contributed by atoms with E-state index in [1.165, 1.54) is 6.92 Å². The molecule has 0 aliphatic carbocycles. The van der Waals surface area contributed by atoms with Crippen molar-refractivity contribution in [1.29, 1.82) is 0 Å². The molecule has 0 aromatic carbocycles. The molecule has 0 aromatic rings. The van der Waals surface area contributed by atoms with E-state index in [1.54, 1.807) is 6.92 Å². The Balaban J connectivity index is 0. The third kappa shape index (κ3) is 25.6. The average molecular weight is 246 g/mol. The van der Waals surface area contributed by atoms with E-state index in [9.17, 15) is 4.79 Å². The zero-order chi connectivity index (χ0) is 14.1. The summed E-state index contributed by atoms with van der Waals surface area (Å²) in [6.07, 6.45) is 0. The lowest BCUT2D eigenvalue weighted by atomic mass is 9.97. The molecule has 0 aliphatic heterocycles. The zero-order valence-electron chi connectivity index (χ0n) is 12.8. The Bertz CT molecular complexity index is 182. The molecule has 0 radical (unpaired) electrons. The van der Waals surface area contributed by atoms with Crippen molar-refractivity contribution in [2.75, 3.05) is 19.8 Å². The van der Waals surface area contributed by atoms with E-state index in [0.717, 1.165) is 13.2 Å². The molecular weight excluding hydrogens is 216 g/mol. The van der Waals surface area contributed by atoms with E-state index in [1.807, 2.05) is 0 Å². The van der Waals surface area contributed by atoms with Gasteiger partial charge in [-0.1, -0.05) is 41.5 Å². The normalized spacial score (nSPS) is 11.5. The molecule has 0 saturated heterocycles. The fraction of sp³-hybridized carbons (Fsp3) is 0.929. The second kappa shape index (κ2) is 8.51. The highest BCUT2D eigenvalue weighted by Gasteiger charge is 2.14. The SMILES string of the molecule is CC(C)(C)COCC(C)(C)C.CCOC(C)=O. The maximum absolute atomic E-state index is 9.82. The topological polar surface area (TPSA) is 35.5 Å². The van der Waals surface area contributed by atoms with Gasteiger partial charge < -0.3 is 9.47 Å².